The van der Waals surface area contributed by atoms with Gasteiger partial charge in [-0.3, -0.25) is 4.79 Å². The smallest absolute Gasteiger partial charge is 0.416 e. The minimum absolute atomic E-state index is 0.0342. The molecule has 2 heterocycles. The lowest BCUT2D eigenvalue weighted by Gasteiger charge is -2.26. The van der Waals surface area contributed by atoms with Crippen LogP contribution in [0, 0.1) is 11.3 Å². The number of aromatic nitrogens is 1. The highest BCUT2D eigenvalue weighted by molar-refractivity contribution is 5.87. The van der Waals surface area contributed by atoms with E-state index in [0.29, 0.717) is 16.5 Å². The van der Waals surface area contributed by atoms with E-state index in [0.717, 1.165) is 12.1 Å². The lowest BCUT2D eigenvalue weighted by atomic mass is 9.83. The molecule has 28 heavy (non-hydrogen) atoms. The second-order valence-electron chi connectivity index (χ2n) is 6.29. The molecule has 0 saturated carbocycles. The van der Waals surface area contributed by atoms with Crippen molar-refractivity contribution in [1.82, 2.24) is 4.98 Å². The molecule has 0 fully saturated rings. The lowest BCUT2D eigenvalue weighted by Crippen LogP contribution is -2.27. The van der Waals surface area contributed by atoms with Crippen molar-refractivity contribution >= 4 is 10.9 Å². The summed E-state index contributed by atoms with van der Waals surface area (Å²) in [6.07, 6.45) is -4.49. The zero-order chi connectivity index (χ0) is 20.1. The first-order valence-corrected chi connectivity index (χ1v) is 8.21. The standard InChI is InChI=1S/C20H12F3N3O2/c21-20(22,23)11-7-5-10(6-8-11)15-13(9-24)18(25)28-17-12-3-1-2-4-14(12)26-19(27)16(15)17/h1-8,15H,25H2,(H,26,27). The molecule has 0 spiro atoms. The third-order valence-corrected chi connectivity index (χ3v) is 4.66. The Kier molecular flexibility index (Phi) is 3.89. The van der Waals surface area contributed by atoms with Gasteiger partial charge in [0.1, 0.15) is 17.4 Å². The number of halogens is 3. The molecule has 3 aromatic rings. The second kappa shape index (κ2) is 6.16. The number of nitriles is 1. The topological polar surface area (TPSA) is 91.9 Å². The first-order valence-electron chi connectivity index (χ1n) is 8.21. The van der Waals surface area contributed by atoms with Crippen LogP contribution in [0.25, 0.3) is 10.9 Å². The minimum atomic E-state index is -4.49. The highest BCUT2D eigenvalue weighted by Crippen LogP contribution is 2.43. The molecule has 140 valence electrons. The van der Waals surface area contributed by atoms with Crippen molar-refractivity contribution in [2.45, 2.75) is 12.1 Å². The van der Waals surface area contributed by atoms with Crippen molar-refractivity contribution in [2.24, 2.45) is 5.73 Å². The maximum absolute atomic E-state index is 12.9. The number of para-hydroxylation sites is 1. The van der Waals surface area contributed by atoms with Crippen LogP contribution in [0.15, 0.2) is 64.8 Å². The van der Waals surface area contributed by atoms with Crippen LogP contribution in [-0.2, 0) is 6.18 Å². The number of alkyl halides is 3. The minimum Gasteiger partial charge on any atom is -0.439 e. The van der Waals surface area contributed by atoms with Crippen LogP contribution < -0.4 is 16.0 Å². The number of rotatable bonds is 1. The van der Waals surface area contributed by atoms with Gasteiger partial charge in [0, 0.05) is 5.39 Å². The van der Waals surface area contributed by atoms with Gasteiger partial charge in [0.25, 0.3) is 5.56 Å². The molecule has 1 aromatic heterocycles. The van der Waals surface area contributed by atoms with Crippen LogP contribution in [0.1, 0.15) is 22.6 Å². The highest BCUT2D eigenvalue weighted by Gasteiger charge is 2.35. The molecule has 8 heteroatoms. The number of hydrogen-bond donors (Lipinski definition) is 2. The monoisotopic (exact) mass is 383 g/mol. The molecule has 1 aliphatic rings. The predicted octanol–water partition coefficient (Wildman–Crippen LogP) is 3.77. The second-order valence-corrected chi connectivity index (χ2v) is 6.29. The maximum Gasteiger partial charge on any atom is 0.416 e. The number of benzene rings is 2. The molecule has 1 aliphatic heterocycles. The number of pyridine rings is 1. The largest absolute Gasteiger partial charge is 0.439 e. The Morgan fingerprint density at radius 3 is 2.43 bits per heavy atom. The van der Waals surface area contributed by atoms with Crippen LogP contribution in [0.4, 0.5) is 13.2 Å². The van der Waals surface area contributed by atoms with Gasteiger partial charge in [0.15, 0.2) is 0 Å². The van der Waals surface area contributed by atoms with Crippen LogP contribution in [0.2, 0.25) is 0 Å². The van der Waals surface area contributed by atoms with Gasteiger partial charge in [-0.1, -0.05) is 24.3 Å². The van der Waals surface area contributed by atoms with Gasteiger partial charge in [0.2, 0.25) is 5.88 Å². The van der Waals surface area contributed by atoms with Gasteiger partial charge in [0.05, 0.1) is 22.6 Å². The number of nitrogens with one attached hydrogen (secondary N) is 1. The van der Waals surface area contributed by atoms with E-state index in [2.05, 4.69) is 4.98 Å². The number of hydrogen-bond acceptors (Lipinski definition) is 4. The van der Waals surface area contributed by atoms with Gasteiger partial charge in [-0.25, -0.2) is 0 Å². The van der Waals surface area contributed by atoms with E-state index >= 15 is 0 Å². The number of H-pyrrole nitrogens is 1. The first kappa shape index (κ1) is 17.7. The van der Waals surface area contributed by atoms with Crippen molar-refractivity contribution in [1.29, 1.82) is 5.26 Å². The average molecular weight is 383 g/mol. The molecular formula is C20H12F3N3O2. The summed E-state index contributed by atoms with van der Waals surface area (Å²) < 4.78 is 44.3. The van der Waals surface area contributed by atoms with E-state index in [4.69, 9.17) is 10.5 Å². The molecule has 3 N–H and O–H groups in total. The summed E-state index contributed by atoms with van der Waals surface area (Å²) in [6, 6.07) is 13.1. The van der Waals surface area contributed by atoms with Crippen molar-refractivity contribution in [2.75, 3.05) is 0 Å². The van der Waals surface area contributed by atoms with Crippen molar-refractivity contribution in [3.05, 3.63) is 87.0 Å². The Morgan fingerprint density at radius 1 is 1.11 bits per heavy atom. The summed E-state index contributed by atoms with van der Waals surface area (Å²) in [7, 11) is 0. The summed E-state index contributed by atoms with van der Waals surface area (Å²) in [4.78, 5) is 15.5. The van der Waals surface area contributed by atoms with Gasteiger partial charge in [-0.15, -0.1) is 0 Å². The van der Waals surface area contributed by atoms with Crippen LogP contribution in [-0.4, -0.2) is 4.98 Å². The molecule has 2 aromatic carbocycles. The van der Waals surface area contributed by atoms with E-state index < -0.39 is 23.2 Å². The van der Waals surface area contributed by atoms with Gasteiger partial charge in [-0.2, -0.15) is 18.4 Å². The van der Waals surface area contributed by atoms with E-state index in [-0.39, 0.29) is 22.8 Å². The Bertz CT molecular complexity index is 1220. The maximum atomic E-state index is 12.9. The van der Waals surface area contributed by atoms with Gasteiger partial charge < -0.3 is 15.5 Å². The Morgan fingerprint density at radius 2 is 1.79 bits per heavy atom. The van der Waals surface area contributed by atoms with E-state index in [1.807, 2.05) is 6.07 Å². The normalized spacial score (nSPS) is 16.4. The molecule has 0 saturated heterocycles. The number of fused-ring (bicyclic) bond motifs is 3. The van der Waals surface area contributed by atoms with Crippen LogP contribution >= 0.6 is 0 Å². The summed E-state index contributed by atoms with van der Waals surface area (Å²) in [5.41, 5.74) is 5.53. The Labute approximate surface area is 156 Å². The quantitative estimate of drug-likeness (QED) is 0.669. The molecule has 0 bridgehead atoms. The first-order chi connectivity index (χ1) is 13.3. The molecule has 4 rings (SSSR count). The van der Waals surface area contributed by atoms with Crippen LogP contribution in [0.3, 0.4) is 0 Å². The van der Waals surface area contributed by atoms with Gasteiger partial charge >= 0.3 is 6.18 Å². The molecule has 0 radical (unpaired) electrons. The number of allylic oxidation sites excluding steroid dienone is 1. The summed E-state index contributed by atoms with van der Waals surface area (Å²) in [5.74, 6) is -0.930. The third kappa shape index (κ3) is 2.68. The fraction of sp³-hybridized carbons (Fsp3) is 0.100. The van der Waals surface area contributed by atoms with E-state index in [1.54, 1.807) is 24.3 Å². The average Bonchev–Trinajstić information content (AvgIpc) is 2.66. The van der Waals surface area contributed by atoms with E-state index in [1.165, 1.54) is 12.1 Å². The molecule has 1 atom stereocenters. The van der Waals surface area contributed by atoms with Crippen molar-refractivity contribution in [3.8, 4) is 11.8 Å². The number of nitrogens with two attached hydrogens (primary N) is 1. The lowest BCUT2D eigenvalue weighted by molar-refractivity contribution is -0.137. The number of ether oxygens (including phenoxy) is 1. The zero-order valence-electron chi connectivity index (χ0n) is 14.2. The third-order valence-electron chi connectivity index (χ3n) is 4.66. The predicted molar refractivity (Wildman–Crippen MR) is 95.3 cm³/mol. The van der Waals surface area contributed by atoms with Crippen molar-refractivity contribution < 1.29 is 17.9 Å². The fourth-order valence-corrected chi connectivity index (χ4v) is 3.37. The molecule has 0 amide bonds. The van der Waals surface area contributed by atoms with Crippen molar-refractivity contribution in [3.63, 3.8) is 0 Å². The summed E-state index contributed by atoms with van der Waals surface area (Å²) in [5, 5.41) is 10.1. The Balaban J connectivity index is 1.98. The highest BCUT2D eigenvalue weighted by atomic mass is 19.4. The SMILES string of the molecule is N#CC1=C(N)Oc2c(c(=O)[nH]c3ccccc23)C1c1ccc(C(F)(F)F)cc1. The number of nitrogens with zero attached hydrogens (tertiary/aromatic N) is 1. The fourth-order valence-electron chi connectivity index (χ4n) is 3.37. The Hall–Kier alpha value is -3.73. The summed E-state index contributed by atoms with van der Waals surface area (Å²) >= 11 is 0. The van der Waals surface area contributed by atoms with Gasteiger partial charge in [-0.05, 0) is 29.8 Å². The zero-order valence-corrected chi connectivity index (χ0v) is 14.2. The molecule has 0 aliphatic carbocycles. The molecule has 5 nitrogen and oxygen atoms in total. The number of aromatic amines is 1. The van der Waals surface area contributed by atoms with Crippen LogP contribution in [0.5, 0.6) is 5.75 Å². The van der Waals surface area contributed by atoms with E-state index in [9.17, 15) is 23.2 Å². The summed E-state index contributed by atoms with van der Waals surface area (Å²) in [6.45, 7) is 0. The molecular weight excluding hydrogens is 371 g/mol. The molecule has 1 unspecified atom stereocenters.